The maximum absolute atomic E-state index is 11.8. The average Bonchev–Trinajstić information content (AvgIpc) is 2.71. The molecule has 2 amide bonds. The van der Waals surface area contributed by atoms with Crippen molar-refractivity contribution in [2.24, 2.45) is 10.2 Å². The lowest BCUT2D eigenvalue weighted by Gasteiger charge is -2.02. The van der Waals surface area contributed by atoms with Crippen LogP contribution in [0.25, 0.3) is 0 Å². The van der Waals surface area contributed by atoms with Gasteiger partial charge < -0.3 is 0 Å². The number of hydrogen-bond acceptors (Lipinski definition) is 4. The SMILES string of the molecule is Cc1cccc(C=NNC(=O)CCCCCCC(=O)NN=Cc2cccc(C)c2)c1. The molecule has 0 unspecified atom stereocenters. The highest BCUT2D eigenvalue weighted by atomic mass is 16.2. The number of nitrogens with zero attached hydrogens (tertiary/aromatic N) is 2. The van der Waals surface area contributed by atoms with E-state index in [9.17, 15) is 9.59 Å². The molecule has 0 bridgehead atoms. The molecule has 6 heteroatoms. The van der Waals surface area contributed by atoms with Crippen molar-refractivity contribution < 1.29 is 9.59 Å². The van der Waals surface area contributed by atoms with Crippen molar-refractivity contribution in [1.29, 1.82) is 0 Å². The largest absolute Gasteiger partial charge is 0.273 e. The van der Waals surface area contributed by atoms with E-state index in [-0.39, 0.29) is 11.8 Å². The second kappa shape index (κ2) is 13.0. The first kappa shape index (κ1) is 23.0. The van der Waals surface area contributed by atoms with Gasteiger partial charge in [0.1, 0.15) is 0 Å². The zero-order chi connectivity index (χ0) is 21.6. The lowest BCUT2D eigenvalue weighted by Crippen LogP contribution is -2.17. The van der Waals surface area contributed by atoms with Gasteiger partial charge in [-0.3, -0.25) is 9.59 Å². The van der Waals surface area contributed by atoms with E-state index in [1.54, 1.807) is 12.4 Å². The van der Waals surface area contributed by atoms with E-state index < -0.39 is 0 Å². The Labute approximate surface area is 178 Å². The molecule has 0 radical (unpaired) electrons. The van der Waals surface area contributed by atoms with Gasteiger partial charge in [0.05, 0.1) is 12.4 Å². The first-order valence-corrected chi connectivity index (χ1v) is 10.3. The van der Waals surface area contributed by atoms with Crippen LogP contribution in [0.15, 0.2) is 58.7 Å². The monoisotopic (exact) mass is 406 g/mol. The average molecular weight is 407 g/mol. The third-order valence-electron chi connectivity index (χ3n) is 4.45. The predicted octanol–water partition coefficient (Wildman–Crippen LogP) is 4.24. The van der Waals surface area contributed by atoms with Crippen LogP contribution in [-0.4, -0.2) is 24.2 Å². The number of benzene rings is 2. The van der Waals surface area contributed by atoms with Gasteiger partial charge in [-0.1, -0.05) is 72.5 Å². The highest BCUT2D eigenvalue weighted by molar-refractivity contribution is 5.83. The van der Waals surface area contributed by atoms with Crippen LogP contribution in [0.3, 0.4) is 0 Å². The van der Waals surface area contributed by atoms with E-state index in [2.05, 4.69) is 21.1 Å². The van der Waals surface area contributed by atoms with Crippen LogP contribution in [0.4, 0.5) is 0 Å². The van der Waals surface area contributed by atoms with Gasteiger partial charge in [0, 0.05) is 12.8 Å². The van der Waals surface area contributed by atoms with Gasteiger partial charge in [-0.2, -0.15) is 10.2 Å². The van der Waals surface area contributed by atoms with Crippen LogP contribution < -0.4 is 10.9 Å². The molecule has 0 fully saturated rings. The number of amides is 2. The number of hydrazone groups is 2. The number of nitrogens with one attached hydrogen (secondary N) is 2. The molecule has 2 N–H and O–H groups in total. The van der Waals surface area contributed by atoms with Crippen molar-refractivity contribution in [3.63, 3.8) is 0 Å². The summed E-state index contributed by atoms with van der Waals surface area (Å²) in [6, 6.07) is 15.8. The quantitative estimate of drug-likeness (QED) is 0.332. The Hall–Kier alpha value is -3.28. The molecule has 2 rings (SSSR count). The van der Waals surface area contributed by atoms with E-state index in [0.717, 1.165) is 47.9 Å². The smallest absolute Gasteiger partial charge is 0.240 e. The normalized spacial score (nSPS) is 11.1. The maximum Gasteiger partial charge on any atom is 0.240 e. The molecule has 6 nitrogen and oxygen atoms in total. The first-order chi connectivity index (χ1) is 14.5. The van der Waals surface area contributed by atoms with E-state index in [4.69, 9.17) is 0 Å². The molecule has 0 aliphatic heterocycles. The molecule has 0 atom stereocenters. The Morgan fingerprint density at radius 3 is 1.57 bits per heavy atom. The summed E-state index contributed by atoms with van der Waals surface area (Å²) in [5.41, 5.74) is 9.31. The molecule has 30 heavy (non-hydrogen) atoms. The zero-order valence-electron chi connectivity index (χ0n) is 17.7. The summed E-state index contributed by atoms with van der Waals surface area (Å²) in [7, 11) is 0. The van der Waals surface area contributed by atoms with E-state index in [1.807, 2.05) is 62.4 Å². The molecule has 0 aliphatic carbocycles. The Morgan fingerprint density at radius 1 is 0.733 bits per heavy atom. The number of rotatable bonds is 11. The summed E-state index contributed by atoms with van der Waals surface area (Å²) in [5, 5.41) is 7.97. The van der Waals surface area contributed by atoms with Crippen molar-refractivity contribution in [2.75, 3.05) is 0 Å². The summed E-state index contributed by atoms with van der Waals surface area (Å²) >= 11 is 0. The van der Waals surface area contributed by atoms with Crippen molar-refractivity contribution in [1.82, 2.24) is 10.9 Å². The molecule has 2 aromatic rings. The standard InChI is InChI=1S/C24H30N4O2/c1-19-9-7-11-21(15-19)17-25-27-23(29)13-5-3-4-6-14-24(30)28-26-18-22-12-8-10-20(2)16-22/h7-12,15-18H,3-6,13-14H2,1-2H3,(H,27,29)(H,28,30). The van der Waals surface area contributed by atoms with Crippen molar-refractivity contribution in [3.8, 4) is 0 Å². The molecule has 2 aromatic carbocycles. The van der Waals surface area contributed by atoms with Crippen LogP contribution >= 0.6 is 0 Å². The topological polar surface area (TPSA) is 82.9 Å². The fraction of sp³-hybridized carbons (Fsp3) is 0.333. The molecular formula is C24H30N4O2. The van der Waals surface area contributed by atoms with E-state index in [0.29, 0.717) is 12.8 Å². The molecule has 0 spiro atoms. The Balaban J connectivity index is 1.50. The van der Waals surface area contributed by atoms with Crippen molar-refractivity contribution >= 4 is 24.2 Å². The summed E-state index contributed by atoms with van der Waals surface area (Å²) in [6.45, 7) is 4.02. The van der Waals surface area contributed by atoms with Gasteiger partial charge >= 0.3 is 0 Å². The second-order valence-corrected chi connectivity index (χ2v) is 7.33. The summed E-state index contributed by atoms with van der Waals surface area (Å²) < 4.78 is 0. The minimum absolute atomic E-state index is 0.0952. The number of carbonyl (C=O) groups excluding carboxylic acids is 2. The van der Waals surface area contributed by atoms with Crippen LogP contribution in [-0.2, 0) is 9.59 Å². The van der Waals surface area contributed by atoms with Crippen LogP contribution in [0.1, 0.15) is 60.8 Å². The summed E-state index contributed by atoms with van der Waals surface area (Å²) in [6.07, 6.45) is 7.49. The van der Waals surface area contributed by atoms with Crippen molar-refractivity contribution in [2.45, 2.75) is 52.4 Å². The lowest BCUT2D eigenvalue weighted by molar-refractivity contribution is -0.122. The van der Waals surface area contributed by atoms with Gasteiger partial charge in [-0.25, -0.2) is 10.9 Å². The van der Waals surface area contributed by atoms with Crippen LogP contribution in [0, 0.1) is 13.8 Å². The second-order valence-electron chi connectivity index (χ2n) is 7.33. The molecule has 158 valence electrons. The minimum Gasteiger partial charge on any atom is -0.273 e. The van der Waals surface area contributed by atoms with Gasteiger partial charge in [-0.05, 0) is 37.8 Å². The van der Waals surface area contributed by atoms with Gasteiger partial charge in [0.25, 0.3) is 0 Å². The lowest BCUT2D eigenvalue weighted by atomic mass is 10.1. The van der Waals surface area contributed by atoms with Gasteiger partial charge in [0.2, 0.25) is 11.8 Å². The molecular weight excluding hydrogens is 376 g/mol. The third-order valence-corrected chi connectivity index (χ3v) is 4.45. The molecule has 0 aromatic heterocycles. The molecule has 0 saturated carbocycles. The number of hydrogen-bond donors (Lipinski definition) is 2. The van der Waals surface area contributed by atoms with Gasteiger partial charge in [-0.15, -0.1) is 0 Å². The molecule has 0 aliphatic rings. The third kappa shape index (κ3) is 9.78. The fourth-order valence-electron chi connectivity index (χ4n) is 2.89. The fourth-order valence-corrected chi connectivity index (χ4v) is 2.89. The van der Waals surface area contributed by atoms with E-state index in [1.165, 1.54) is 0 Å². The van der Waals surface area contributed by atoms with Gasteiger partial charge in [0.15, 0.2) is 0 Å². The number of carbonyl (C=O) groups is 2. The highest BCUT2D eigenvalue weighted by Gasteiger charge is 2.02. The number of aryl methyl sites for hydroxylation is 2. The Morgan fingerprint density at radius 2 is 1.17 bits per heavy atom. The molecule has 0 heterocycles. The maximum atomic E-state index is 11.8. The minimum atomic E-state index is -0.0952. The zero-order valence-corrected chi connectivity index (χ0v) is 17.7. The Bertz CT molecular complexity index is 817. The van der Waals surface area contributed by atoms with Crippen LogP contribution in [0.5, 0.6) is 0 Å². The van der Waals surface area contributed by atoms with Crippen LogP contribution in [0.2, 0.25) is 0 Å². The van der Waals surface area contributed by atoms with E-state index >= 15 is 0 Å². The highest BCUT2D eigenvalue weighted by Crippen LogP contribution is 2.06. The predicted molar refractivity (Wildman–Crippen MR) is 122 cm³/mol. The van der Waals surface area contributed by atoms with Crippen molar-refractivity contribution in [3.05, 3.63) is 70.8 Å². The summed E-state index contributed by atoms with van der Waals surface area (Å²) in [5.74, 6) is -0.190. The molecule has 0 saturated heterocycles. The summed E-state index contributed by atoms with van der Waals surface area (Å²) in [4.78, 5) is 23.6. The first-order valence-electron chi connectivity index (χ1n) is 10.3. The number of unbranched alkanes of at least 4 members (excludes halogenated alkanes) is 3. The Kier molecular flexibility index (Phi) is 10.00.